The topological polar surface area (TPSA) is 35.2 Å². The lowest BCUT2D eigenvalue weighted by atomic mass is 10.0. The quantitative estimate of drug-likeness (QED) is 0.847. The molecule has 2 aromatic rings. The van der Waals surface area contributed by atoms with Crippen molar-refractivity contribution in [1.29, 1.82) is 0 Å². The highest BCUT2D eigenvalue weighted by Gasteiger charge is 2.09. The number of halogens is 1. The fourth-order valence-corrected chi connectivity index (χ4v) is 2.68. The number of hydrogen-bond acceptors (Lipinski definition) is 2. The summed E-state index contributed by atoms with van der Waals surface area (Å²) in [7, 11) is 0. The second-order valence-corrected chi connectivity index (χ2v) is 5.94. The summed E-state index contributed by atoms with van der Waals surface area (Å²) in [4.78, 5) is 0. The van der Waals surface area contributed by atoms with Crippen LogP contribution in [-0.2, 0) is 6.42 Å². The van der Waals surface area contributed by atoms with Gasteiger partial charge < -0.3 is 10.5 Å². The van der Waals surface area contributed by atoms with Crippen LogP contribution in [0.25, 0.3) is 0 Å². The minimum absolute atomic E-state index is 0.436. The van der Waals surface area contributed by atoms with Crippen molar-refractivity contribution >= 4 is 15.9 Å². The Kier molecular flexibility index (Phi) is 5.21. The van der Waals surface area contributed by atoms with Crippen LogP contribution in [0.5, 0.6) is 11.5 Å². The van der Waals surface area contributed by atoms with Crippen molar-refractivity contribution in [2.75, 3.05) is 6.54 Å². The van der Waals surface area contributed by atoms with Crippen molar-refractivity contribution in [2.45, 2.75) is 26.2 Å². The first-order chi connectivity index (χ1) is 9.61. The van der Waals surface area contributed by atoms with Gasteiger partial charge in [-0.2, -0.15) is 0 Å². The maximum Gasteiger partial charge on any atom is 0.130 e. The summed E-state index contributed by atoms with van der Waals surface area (Å²) in [5, 5.41) is 0. The molecule has 0 aliphatic heterocycles. The zero-order valence-corrected chi connectivity index (χ0v) is 13.5. The summed E-state index contributed by atoms with van der Waals surface area (Å²) < 4.78 is 7.07. The van der Waals surface area contributed by atoms with Crippen molar-refractivity contribution in [3.63, 3.8) is 0 Å². The van der Waals surface area contributed by atoms with E-state index in [2.05, 4.69) is 41.9 Å². The van der Waals surface area contributed by atoms with Gasteiger partial charge >= 0.3 is 0 Å². The number of nitrogens with two attached hydrogens (primary N) is 1. The first-order valence-electron chi connectivity index (χ1n) is 6.87. The molecular formula is C17H20BrNO. The van der Waals surface area contributed by atoms with Crippen LogP contribution in [0, 0.1) is 0 Å². The molecular weight excluding hydrogens is 314 g/mol. The van der Waals surface area contributed by atoms with Gasteiger partial charge in [0.15, 0.2) is 0 Å². The summed E-state index contributed by atoms with van der Waals surface area (Å²) in [5.41, 5.74) is 8.01. The lowest BCUT2D eigenvalue weighted by Crippen LogP contribution is -2.03. The van der Waals surface area contributed by atoms with Crippen LogP contribution >= 0.6 is 15.9 Å². The van der Waals surface area contributed by atoms with E-state index in [1.807, 2.05) is 30.3 Å². The van der Waals surface area contributed by atoms with E-state index in [0.717, 1.165) is 22.4 Å². The van der Waals surface area contributed by atoms with Crippen LogP contribution < -0.4 is 10.5 Å². The number of rotatable bonds is 5. The molecule has 0 fully saturated rings. The van der Waals surface area contributed by atoms with Gasteiger partial charge in [-0.05, 0) is 48.2 Å². The molecule has 2 rings (SSSR count). The SMILES string of the molecule is CC(C)c1ccccc1Oc1ccc(CCN)c(Br)c1. The summed E-state index contributed by atoms with van der Waals surface area (Å²) in [6, 6.07) is 14.2. The molecule has 2 nitrogen and oxygen atoms in total. The molecule has 0 bridgehead atoms. The van der Waals surface area contributed by atoms with E-state index < -0.39 is 0 Å². The van der Waals surface area contributed by atoms with Gasteiger partial charge in [-0.15, -0.1) is 0 Å². The lowest BCUT2D eigenvalue weighted by Gasteiger charge is -2.14. The van der Waals surface area contributed by atoms with E-state index >= 15 is 0 Å². The number of hydrogen-bond donors (Lipinski definition) is 1. The monoisotopic (exact) mass is 333 g/mol. The Balaban J connectivity index is 2.24. The summed E-state index contributed by atoms with van der Waals surface area (Å²) in [5.74, 6) is 2.19. The Morgan fingerprint density at radius 1 is 1.15 bits per heavy atom. The van der Waals surface area contributed by atoms with E-state index in [4.69, 9.17) is 10.5 Å². The number of para-hydroxylation sites is 1. The van der Waals surface area contributed by atoms with E-state index in [9.17, 15) is 0 Å². The summed E-state index contributed by atoms with van der Waals surface area (Å²) in [6.45, 7) is 4.99. The zero-order chi connectivity index (χ0) is 14.5. The van der Waals surface area contributed by atoms with Crippen molar-refractivity contribution in [1.82, 2.24) is 0 Å². The normalized spacial score (nSPS) is 10.8. The molecule has 20 heavy (non-hydrogen) atoms. The van der Waals surface area contributed by atoms with E-state index in [1.165, 1.54) is 11.1 Å². The molecule has 2 N–H and O–H groups in total. The van der Waals surface area contributed by atoms with Crippen LogP contribution in [0.3, 0.4) is 0 Å². The third-order valence-corrected chi connectivity index (χ3v) is 3.95. The van der Waals surface area contributed by atoms with Crippen molar-refractivity contribution in [3.05, 3.63) is 58.1 Å². The largest absolute Gasteiger partial charge is 0.457 e. The van der Waals surface area contributed by atoms with Crippen molar-refractivity contribution in [2.24, 2.45) is 5.73 Å². The van der Waals surface area contributed by atoms with Crippen molar-refractivity contribution in [3.8, 4) is 11.5 Å². The molecule has 0 unspecified atom stereocenters. The Labute approximate surface area is 129 Å². The Bertz CT molecular complexity index is 581. The van der Waals surface area contributed by atoms with Crippen LogP contribution in [0.1, 0.15) is 30.9 Å². The van der Waals surface area contributed by atoms with Crippen molar-refractivity contribution < 1.29 is 4.74 Å². The average molecular weight is 334 g/mol. The van der Waals surface area contributed by atoms with Crippen LogP contribution in [-0.4, -0.2) is 6.54 Å². The fourth-order valence-electron chi connectivity index (χ4n) is 2.13. The van der Waals surface area contributed by atoms with Crippen LogP contribution in [0.15, 0.2) is 46.9 Å². The first kappa shape index (κ1) is 15.1. The van der Waals surface area contributed by atoms with Gasteiger partial charge in [-0.3, -0.25) is 0 Å². The fraction of sp³-hybridized carbons (Fsp3) is 0.294. The smallest absolute Gasteiger partial charge is 0.130 e. The highest BCUT2D eigenvalue weighted by molar-refractivity contribution is 9.10. The van der Waals surface area contributed by atoms with Gasteiger partial charge in [-0.25, -0.2) is 0 Å². The van der Waals surface area contributed by atoms with E-state index in [1.54, 1.807) is 0 Å². The molecule has 0 aliphatic rings. The molecule has 0 atom stereocenters. The number of ether oxygens (including phenoxy) is 1. The van der Waals surface area contributed by atoms with Gasteiger partial charge in [-0.1, -0.05) is 54.0 Å². The first-order valence-corrected chi connectivity index (χ1v) is 7.66. The predicted octanol–water partition coefficient (Wildman–Crippen LogP) is 4.87. The molecule has 0 radical (unpaired) electrons. The molecule has 2 aromatic carbocycles. The molecule has 0 saturated carbocycles. The Morgan fingerprint density at radius 3 is 2.55 bits per heavy atom. The Morgan fingerprint density at radius 2 is 1.90 bits per heavy atom. The van der Waals surface area contributed by atoms with E-state index in [-0.39, 0.29) is 0 Å². The van der Waals surface area contributed by atoms with Gasteiger partial charge in [0.05, 0.1) is 0 Å². The molecule has 0 heterocycles. The third-order valence-electron chi connectivity index (χ3n) is 3.21. The highest BCUT2D eigenvalue weighted by Crippen LogP contribution is 2.32. The summed E-state index contributed by atoms with van der Waals surface area (Å²) in [6.07, 6.45) is 0.865. The van der Waals surface area contributed by atoms with Crippen LogP contribution in [0.2, 0.25) is 0 Å². The minimum atomic E-state index is 0.436. The standard InChI is InChI=1S/C17H20BrNO/c1-12(2)15-5-3-4-6-17(15)20-14-8-7-13(9-10-19)16(18)11-14/h3-8,11-12H,9-10,19H2,1-2H3. The molecule has 0 saturated heterocycles. The Hall–Kier alpha value is -1.32. The third kappa shape index (κ3) is 3.62. The molecule has 106 valence electrons. The zero-order valence-electron chi connectivity index (χ0n) is 11.9. The number of benzene rings is 2. The lowest BCUT2D eigenvalue weighted by molar-refractivity contribution is 0.472. The predicted molar refractivity (Wildman–Crippen MR) is 87.5 cm³/mol. The summed E-state index contributed by atoms with van der Waals surface area (Å²) >= 11 is 3.57. The maximum atomic E-state index is 6.02. The molecule has 0 spiro atoms. The highest BCUT2D eigenvalue weighted by atomic mass is 79.9. The molecule has 0 amide bonds. The van der Waals surface area contributed by atoms with Gasteiger partial charge in [0.1, 0.15) is 11.5 Å². The second-order valence-electron chi connectivity index (χ2n) is 5.09. The second kappa shape index (κ2) is 6.91. The van der Waals surface area contributed by atoms with Gasteiger partial charge in [0, 0.05) is 4.47 Å². The maximum absolute atomic E-state index is 6.02. The molecule has 0 aliphatic carbocycles. The van der Waals surface area contributed by atoms with Crippen LogP contribution in [0.4, 0.5) is 0 Å². The molecule has 0 aromatic heterocycles. The van der Waals surface area contributed by atoms with Gasteiger partial charge in [0.2, 0.25) is 0 Å². The minimum Gasteiger partial charge on any atom is -0.457 e. The molecule has 3 heteroatoms. The average Bonchev–Trinajstić information content (AvgIpc) is 2.42. The van der Waals surface area contributed by atoms with Gasteiger partial charge in [0.25, 0.3) is 0 Å². The van der Waals surface area contributed by atoms with E-state index in [0.29, 0.717) is 12.5 Å².